The molecule has 9 heavy (non-hydrogen) atoms. The van der Waals surface area contributed by atoms with Gasteiger partial charge in [-0.15, -0.1) is 0 Å². The van der Waals surface area contributed by atoms with Crippen molar-refractivity contribution in [3.05, 3.63) is 28.3 Å². The second-order valence-corrected chi connectivity index (χ2v) is 2.04. The summed E-state index contributed by atoms with van der Waals surface area (Å²) in [4.78, 5) is 9.76. The molecule has 0 aromatic carbocycles. The quantitative estimate of drug-likeness (QED) is 0.304. The van der Waals surface area contributed by atoms with Gasteiger partial charge >= 0.3 is 5.70 Å². The van der Waals surface area contributed by atoms with Crippen LogP contribution >= 0.6 is 0 Å². The third-order valence-electron chi connectivity index (χ3n) is 1.35. The maximum atomic E-state index is 10.1. The lowest BCUT2D eigenvalue weighted by atomic mass is 10.1. The van der Waals surface area contributed by atoms with E-state index in [2.05, 4.69) is 0 Å². The number of nitro groups is 1. The molecule has 0 unspecified atom stereocenters. The highest BCUT2D eigenvalue weighted by molar-refractivity contribution is 5.04. The summed E-state index contributed by atoms with van der Waals surface area (Å²) in [5.74, 6) is 0. The largest absolute Gasteiger partial charge is 0.371 e. The Kier molecular flexibility index (Phi) is 1.72. The van der Waals surface area contributed by atoms with E-state index >= 15 is 0 Å². The van der Waals surface area contributed by atoms with E-state index in [4.69, 9.17) is 0 Å². The van der Waals surface area contributed by atoms with Gasteiger partial charge in [0, 0.05) is 12.8 Å². The fourth-order valence-electron chi connectivity index (χ4n) is 0.856. The number of rotatable bonds is 1. The molecule has 0 spiro atoms. The van der Waals surface area contributed by atoms with Gasteiger partial charge in [-0.05, 0) is 6.42 Å². The molecule has 1 aliphatic carbocycles. The highest BCUT2D eigenvalue weighted by Crippen LogP contribution is 2.15. The average molecular weight is 126 g/mol. The van der Waals surface area contributed by atoms with Crippen LogP contribution in [0.15, 0.2) is 11.8 Å². The monoisotopic (exact) mass is 126 g/mol. The van der Waals surface area contributed by atoms with E-state index in [1.165, 1.54) is 0 Å². The van der Waals surface area contributed by atoms with Gasteiger partial charge in [0.25, 0.3) is 0 Å². The second-order valence-electron chi connectivity index (χ2n) is 2.04. The Morgan fingerprint density at radius 3 is 2.89 bits per heavy atom. The lowest BCUT2D eigenvalue weighted by molar-refractivity contribution is -0.428. The van der Waals surface area contributed by atoms with E-state index in [1.807, 2.05) is 6.42 Å². The second kappa shape index (κ2) is 2.53. The van der Waals surface area contributed by atoms with Crippen LogP contribution in [0.4, 0.5) is 0 Å². The minimum absolute atomic E-state index is 0.310. The van der Waals surface area contributed by atoms with Gasteiger partial charge in [-0.3, -0.25) is 0 Å². The summed E-state index contributed by atoms with van der Waals surface area (Å²) >= 11 is 0. The fraction of sp³-hybridized carbons (Fsp3) is 0.500. The van der Waals surface area contributed by atoms with Gasteiger partial charge < -0.3 is 0 Å². The Hall–Kier alpha value is -0.990. The highest BCUT2D eigenvalue weighted by Gasteiger charge is 2.22. The predicted octanol–water partition coefficient (Wildman–Crippen LogP) is 1.54. The van der Waals surface area contributed by atoms with Crippen LogP contribution in [0.5, 0.6) is 0 Å². The van der Waals surface area contributed by atoms with Crippen molar-refractivity contribution < 1.29 is 4.92 Å². The van der Waals surface area contributed by atoms with Crippen molar-refractivity contribution in [2.24, 2.45) is 0 Å². The topological polar surface area (TPSA) is 43.1 Å². The number of allylic oxidation sites excluding steroid dienone is 2. The summed E-state index contributed by atoms with van der Waals surface area (Å²) in [7, 11) is 0. The van der Waals surface area contributed by atoms with E-state index in [0.29, 0.717) is 12.1 Å². The van der Waals surface area contributed by atoms with Crippen LogP contribution < -0.4 is 0 Å². The minimum Gasteiger partial charge on any atom is -0.240 e. The third kappa shape index (κ3) is 1.45. The fourth-order valence-corrected chi connectivity index (χ4v) is 0.856. The molecule has 0 heterocycles. The molecule has 0 saturated carbocycles. The van der Waals surface area contributed by atoms with Crippen molar-refractivity contribution in [1.82, 2.24) is 0 Å². The zero-order valence-electron chi connectivity index (χ0n) is 5.04. The maximum Gasteiger partial charge on any atom is 0.371 e. The number of nitrogens with zero attached hydrogens (tertiary/aromatic N) is 1. The number of hydrogen-bond acceptors (Lipinski definition) is 2. The van der Waals surface area contributed by atoms with E-state index in [-0.39, 0.29) is 4.92 Å². The van der Waals surface area contributed by atoms with Crippen molar-refractivity contribution in [2.75, 3.05) is 0 Å². The first-order valence-electron chi connectivity index (χ1n) is 2.97. The first-order chi connectivity index (χ1) is 4.30. The van der Waals surface area contributed by atoms with Crippen molar-refractivity contribution >= 4 is 0 Å². The molecular weight excluding hydrogens is 118 g/mol. The summed E-state index contributed by atoms with van der Waals surface area (Å²) in [5, 5.41) is 10.1. The molecule has 0 bridgehead atoms. The molecule has 0 atom stereocenters. The average Bonchev–Trinajstić information content (AvgIpc) is 1.90. The molecule has 0 N–H and O–H groups in total. The Bertz CT molecular complexity index is 151. The van der Waals surface area contributed by atoms with Crippen LogP contribution in [0.25, 0.3) is 0 Å². The summed E-state index contributed by atoms with van der Waals surface area (Å²) in [6, 6.07) is 0. The van der Waals surface area contributed by atoms with Gasteiger partial charge in [0.2, 0.25) is 0 Å². The Morgan fingerprint density at radius 1 is 1.78 bits per heavy atom. The van der Waals surface area contributed by atoms with Crippen LogP contribution in [0.3, 0.4) is 0 Å². The molecule has 0 fully saturated rings. The Morgan fingerprint density at radius 2 is 2.56 bits per heavy atom. The molecule has 0 aromatic rings. The summed E-state index contributed by atoms with van der Waals surface area (Å²) < 4.78 is 0. The Labute approximate surface area is 53.5 Å². The number of hydrogen-bond donors (Lipinski definition) is 0. The molecule has 3 nitrogen and oxygen atoms in total. The van der Waals surface area contributed by atoms with Crippen LogP contribution in [0.1, 0.15) is 19.3 Å². The summed E-state index contributed by atoms with van der Waals surface area (Å²) in [6.45, 7) is 0. The lowest BCUT2D eigenvalue weighted by Crippen LogP contribution is -2.02. The van der Waals surface area contributed by atoms with E-state index in [0.717, 1.165) is 12.8 Å². The standard InChI is InChI=1S/C6H8NO2/c8-7(9)6-4-2-1-3-5-6/h2,4H,1,3,5H2/q+1. The molecule has 0 aliphatic heterocycles. The first-order valence-corrected chi connectivity index (χ1v) is 2.97. The van der Waals surface area contributed by atoms with Gasteiger partial charge in [0.05, 0.1) is 0 Å². The molecular formula is C6H8NO2+. The minimum atomic E-state index is -0.310. The van der Waals surface area contributed by atoms with Gasteiger partial charge in [0.1, 0.15) is 11.3 Å². The first kappa shape index (κ1) is 6.13. The van der Waals surface area contributed by atoms with Crippen molar-refractivity contribution in [3.8, 4) is 0 Å². The predicted molar refractivity (Wildman–Crippen MR) is 33.2 cm³/mol. The van der Waals surface area contributed by atoms with E-state index in [9.17, 15) is 10.1 Å². The molecule has 0 amide bonds. The SMILES string of the molecule is O=[N+]([O-])C1=C[CH+]CCC1. The molecule has 3 heteroatoms. The van der Waals surface area contributed by atoms with Crippen molar-refractivity contribution in [3.63, 3.8) is 0 Å². The van der Waals surface area contributed by atoms with Gasteiger partial charge in [0.15, 0.2) is 6.08 Å². The van der Waals surface area contributed by atoms with Gasteiger partial charge in [-0.1, -0.05) is 0 Å². The molecule has 1 rings (SSSR count). The maximum absolute atomic E-state index is 10.1. The van der Waals surface area contributed by atoms with Gasteiger partial charge in [-0.25, -0.2) is 10.1 Å². The van der Waals surface area contributed by atoms with Crippen molar-refractivity contribution in [1.29, 1.82) is 0 Å². The molecule has 1 aliphatic rings. The zero-order chi connectivity index (χ0) is 6.69. The van der Waals surface area contributed by atoms with E-state index < -0.39 is 0 Å². The highest BCUT2D eigenvalue weighted by atomic mass is 16.6. The van der Waals surface area contributed by atoms with Crippen LogP contribution in [0.2, 0.25) is 0 Å². The Balaban J connectivity index is 2.57. The molecule has 0 aromatic heterocycles. The van der Waals surface area contributed by atoms with Crippen LogP contribution in [-0.4, -0.2) is 4.92 Å². The smallest absolute Gasteiger partial charge is 0.240 e. The van der Waals surface area contributed by atoms with Crippen molar-refractivity contribution in [2.45, 2.75) is 19.3 Å². The summed E-state index contributed by atoms with van der Waals surface area (Å²) in [6.07, 6.45) is 5.98. The zero-order valence-corrected chi connectivity index (χ0v) is 5.04. The lowest BCUT2D eigenvalue weighted by Gasteiger charge is -1.94. The molecule has 0 radical (unpaired) electrons. The normalized spacial score (nSPS) is 18.0. The molecule has 0 saturated heterocycles. The summed E-state index contributed by atoms with van der Waals surface area (Å²) in [5.41, 5.74) is 0.348. The third-order valence-corrected chi connectivity index (χ3v) is 1.35. The molecule has 48 valence electrons. The van der Waals surface area contributed by atoms with Gasteiger partial charge in [-0.2, -0.15) is 0 Å². The van der Waals surface area contributed by atoms with Crippen LogP contribution in [0, 0.1) is 16.5 Å². The van der Waals surface area contributed by atoms with Crippen LogP contribution in [-0.2, 0) is 0 Å². The van der Waals surface area contributed by atoms with E-state index in [1.54, 1.807) is 6.08 Å².